The van der Waals surface area contributed by atoms with E-state index in [0.717, 1.165) is 30.0 Å². The first kappa shape index (κ1) is 11.4. The molecule has 0 unspecified atom stereocenters. The van der Waals surface area contributed by atoms with Crippen LogP contribution in [0.4, 0.5) is 0 Å². The van der Waals surface area contributed by atoms with Gasteiger partial charge < -0.3 is 4.90 Å². The molecule has 92 valence electrons. The highest BCUT2D eigenvalue weighted by Gasteiger charge is 2.31. The molecular formula is C14H14N2OS. The van der Waals surface area contributed by atoms with Crippen molar-refractivity contribution in [1.82, 2.24) is 9.88 Å². The molecule has 0 saturated carbocycles. The van der Waals surface area contributed by atoms with Gasteiger partial charge in [0.05, 0.1) is 16.6 Å². The van der Waals surface area contributed by atoms with Gasteiger partial charge in [0.15, 0.2) is 0 Å². The molecular weight excluding hydrogens is 244 g/mol. The number of aromatic nitrogens is 1. The fourth-order valence-electron chi connectivity index (χ4n) is 2.43. The molecule has 4 heteroatoms. The number of thiophene rings is 1. The highest BCUT2D eigenvalue weighted by molar-refractivity contribution is 7.12. The Bertz CT molecular complexity index is 524. The summed E-state index contributed by atoms with van der Waals surface area (Å²) in [6.45, 7) is 0.831. The van der Waals surface area contributed by atoms with Crippen molar-refractivity contribution in [2.75, 3.05) is 6.54 Å². The van der Waals surface area contributed by atoms with Crippen LogP contribution in [0.1, 0.15) is 34.2 Å². The molecule has 3 heterocycles. The number of hydrogen-bond donors (Lipinski definition) is 0. The van der Waals surface area contributed by atoms with E-state index in [2.05, 4.69) is 4.98 Å². The van der Waals surface area contributed by atoms with E-state index in [1.807, 2.05) is 40.6 Å². The molecule has 2 aromatic rings. The molecule has 1 atom stereocenters. The van der Waals surface area contributed by atoms with Gasteiger partial charge in [-0.15, -0.1) is 11.3 Å². The molecule has 1 saturated heterocycles. The van der Waals surface area contributed by atoms with E-state index in [1.54, 1.807) is 6.20 Å². The minimum absolute atomic E-state index is 0.137. The van der Waals surface area contributed by atoms with E-state index < -0.39 is 0 Å². The van der Waals surface area contributed by atoms with E-state index >= 15 is 0 Å². The van der Waals surface area contributed by atoms with Crippen LogP contribution in [0.2, 0.25) is 0 Å². The first-order valence-electron chi connectivity index (χ1n) is 6.11. The summed E-state index contributed by atoms with van der Waals surface area (Å²) >= 11 is 1.50. The second-order valence-electron chi connectivity index (χ2n) is 4.39. The van der Waals surface area contributed by atoms with Crippen LogP contribution >= 0.6 is 11.3 Å². The van der Waals surface area contributed by atoms with Crippen LogP contribution in [0.25, 0.3) is 0 Å². The van der Waals surface area contributed by atoms with Gasteiger partial charge in [-0.3, -0.25) is 9.78 Å². The monoisotopic (exact) mass is 258 g/mol. The number of likely N-dealkylation sites (tertiary alicyclic amines) is 1. The number of carbonyl (C=O) groups excluding carboxylic acids is 1. The van der Waals surface area contributed by atoms with Crippen LogP contribution in [0.3, 0.4) is 0 Å². The largest absolute Gasteiger partial charge is 0.329 e. The van der Waals surface area contributed by atoms with Crippen molar-refractivity contribution in [2.45, 2.75) is 18.9 Å². The summed E-state index contributed by atoms with van der Waals surface area (Å²) < 4.78 is 0. The standard InChI is InChI=1S/C14H14N2OS/c17-14(13-7-4-10-18-13)16-9-3-6-12(16)11-5-1-2-8-15-11/h1-2,4-5,7-8,10,12H,3,6,9H2/t12-/m1/s1. The van der Waals surface area contributed by atoms with Crippen LogP contribution < -0.4 is 0 Å². The van der Waals surface area contributed by atoms with Gasteiger partial charge in [-0.2, -0.15) is 0 Å². The molecule has 0 radical (unpaired) electrons. The maximum absolute atomic E-state index is 12.4. The highest BCUT2D eigenvalue weighted by atomic mass is 32.1. The Morgan fingerprint density at radius 2 is 2.28 bits per heavy atom. The summed E-state index contributed by atoms with van der Waals surface area (Å²) in [7, 11) is 0. The second kappa shape index (κ2) is 4.90. The lowest BCUT2D eigenvalue weighted by Gasteiger charge is -2.23. The van der Waals surface area contributed by atoms with Crippen molar-refractivity contribution in [3.8, 4) is 0 Å². The molecule has 0 bridgehead atoms. The predicted octanol–water partition coefficient (Wildman–Crippen LogP) is 3.12. The number of nitrogens with zero attached hydrogens (tertiary/aromatic N) is 2. The molecule has 0 spiro atoms. The lowest BCUT2D eigenvalue weighted by Crippen LogP contribution is -2.30. The number of amides is 1. The molecule has 3 nitrogen and oxygen atoms in total. The maximum atomic E-state index is 12.4. The smallest absolute Gasteiger partial charge is 0.264 e. The van der Waals surface area contributed by atoms with Gasteiger partial charge in [0, 0.05) is 12.7 Å². The van der Waals surface area contributed by atoms with Crippen molar-refractivity contribution in [3.05, 3.63) is 52.5 Å². The zero-order valence-electron chi connectivity index (χ0n) is 9.95. The summed E-state index contributed by atoms with van der Waals surface area (Å²) in [5, 5.41) is 1.94. The summed E-state index contributed by atoms with van der Waals surface area (Å²) in [6.07, 6.45) is 3.86. The van der Waals surface area contributed by atoms with Crippen LogP contribution in [0.15, 0.2) is 41.9 Å². The molecule has 1 aliphatic heterocycles. The van der Waals surface area contributed by atoms with Crippen molar-refractivity contribution in [2.24, 2.45) is 0 Å². The lowest BCUT2D eigenvalue weighted by molar-refractivity contribution is 0.0738. The molecule has 0 N–H and O–H groups in total. The van der Waals surface area contributed by atoms with Crippen LogP contribution in [0.5, 0.6) is 0 Å². The average Bonchev–Trinajstić information content (AvgIpc) is 3.10. The van der Waals surface area contributed by atoms with Gasteiger partial charge >= 0.3 is 0 Å². The Labute approximate surface area is 110 Å². The molecule has 1 fully saturated rings. The zero-order chi connectivity index (χ0) is 12.4. The van der Waals surface area contributed by atoms with Gasteiger partial charge in [0.2, 0.25) is 0 Å². The molecule has 2 aromatic heterocycles. The van der Waals surface area contributed by atoms with Crippen molar-refractivity contribution < 1.29 is 4.79 Å². The van der Waals surface area contributed by atoms with Gasteiger partial charge in [-0.1, -0.05) is 12.1 Å². The Hall–Kier alpha value is -1.68. The zero-order valence-corrected chi connectivity index (χ0v) is 10.8. The number of hydrogen-bond acceptors (Lipinski definition) is 3. The number of carbonyl (C=O) groups is 1. The van der Waals surface area contributed by atoms with Crippen molar-refractivity contribution >= 4 is 17.2 Å². The fraction of sp³-hybridized carbons (Fsp3) is 0.286. The lowest BCUT2D eigenvalue weighted by atomic mass is 10.1. The first-order valence-corrected chi connectivity index (χ1v) is 6.99. The van der Waals surface area contributed by atoms with Gasteiger partial charge in [0.25, 0.3) is 5.91 Å². The topological polar surface area (TPSA) is 33.2 Å². The van der Waals surface area contributed by atoms with Crippen LogP contribution in [-0.4, -0.2) is 22.3 Å². The van der Waals surface area contributed by atoms with E-state index in [1.165, 1.54) is 11.3 Å². The Morgan fingerprint density at radius 1 is 1.33 bits per heavy atom. The SMILES string of the molecule is O=C(c1cccs1)N1CCC[C@@H]1c1ccccn1. The van der Waals surface area contributed by atoms with Crippen molar-refractivity contribution in [1.29, 1.82) is 0 Å². The van der Waals surface area contributed by atoms with E-state index in [-0.39, 0.29) is 11.9 Å². The Balaban J connectivity index is 1.86. The molecule has 0 aliphatic carbocycles. The summed E-state index contributed by atoms with van der Waals surface area (Å²) in [4.78, 5) is 19.6. The van der Waals surface area contributed by atoms with Crippen LogP contribution in [0, 0.1) is 0 Å². The van der Waals surface area contributed by atoms with Gasteiger partial charge in [-0.05, 0) is 36.4 Å². The summed E-state index contributed by atoms with van der Waals surface area (Å²) in [5.74, 6) is 0.137. The minimum atomic E-state index is 0.137. The van der Waals surface area contributed by atoms with E-state index in [4.69, 9.17) is 0 Å². The summed E-state index contributed by atoms with van der Waals surface area (Å²) in [6, 6.07) is 9.84. The van der Waals surface area contributed by atoms with Gasteiger partial charge in [-0.25, -0.2) is 0 Å². The maximum Gasteiger partial charge on any atom is 0.264 e. The second-order valence-corrected chi connectivity index (χ2v) is 5.34. The fourth-order valence-corrected chi connectivity index (χ4v) is 3.11. The highest BCUT2D eigenvalue weighted by Crippen LogP contribution is 2.32. The van der Waals surface area contributed by atoms with E-state index in [0.29, 0.717) is 0 Å². The molecule has 18 heavy (non-hydrogen) atoms. The third-order valence-electron chi connectivity index (χ3n) is 3.27. The van der Waals surface area contributed by atoms with E-state index in [9.17, 15) is 4.79 Å². The van der Waals surface area contributed by atoms with Crippen molar-refractivity contribution in [3.63, 3.8) is 0 Å². The molecule has 0 aromatic carbocycles. The molecule has 3 rings (SSSR count). The predicted molar refractivity (Wildman–Crippen MR) is 71.6 cm³/mol. The van der Waals surface area contributed by atoms with Gasteiger partial charge in [0.1, 0.15) is 0 Å². The Kier molecular flexibility index (Phi) is 3.11. The number of pyridine rings is 1. The molecule has 1 amide bonds. The third kappa shape index (κ3) is 2.04. The first-order chi connectivity index (χ1) is 8.86. The Morgan fingerprint density at radius 3 is 3.00 bits per heavy atom. The average molecular weight is 258 g/mol. The van der Waals surface area contributed by atoms with Crippen LogP contribution in [-0.2, 0) is 0 Å². The third-order valence-corrected chi connectivity index (χ3v) is 4.13. The quantitative estimate of drug-likeness (QED) is 0.829. The normalized spacial score (nSPS) is 19.1. The minimum Gasteiger partial charge on any atom is -0.329 e. The number of rotatable bonds is 2. The molecule has 1 aliphatic rings. The summed E-state index contributed by atoms with van der Waals surface area (Å²) in [5.41, 5.74) is 1.000.